The third-order valence-electron chi connectivity index (χ3n) is 3.96. The molecule has 0 aliphatic heterocycles. The molecule has 1 aromatic carbocycles. The van der Waals surface area contributed by atoms with Gasteiger partial charge in [-0.1, -0.05) is 18.2 Å². The summed E-state index contributed by atoms with van der Waals surface area (Å²) in [5.74, 6) is -1.17. The van der Waals surface area contributed by atoms with E-state index in [9.17, 15) is 9.90 Å². The summed E-state index contributed by atoms with van der Waals surface area (Å²) >= 11 is 3.37. The predicted octanol–water partition coefficient (Wildman–Crippen LogP) is 4.53. The van der Waals surface area contributed by atoms with Crippen molar-refractivity contribution in [3.05, 3.63) is 40.2 Å². The van der Waals surface area contributed by atoms with Gasteiger partial charge in [0.1, 0.15) is 5.01 Å². The van der Waals surface area contributed by atoms with Crippen LogP contribution in [0.1, 0.15) is 29.3 Å². The number of thiophene rings is 1. The molecule has 106 valence electrons. The van der Waals surface area contributed by atoms with Crippen molar-refractivity contribution in [2.75, 3.05) is 0 Å². The normalized spacial score (nSPS) is 17.8. The van der Waals surface area contributed by atoms with Gasteiger partial charge >= 0.3 is 5.97 Å². The van der Waals surface area contributed by atoms with Crippen LogP contribution in [0.15, 0.2) is 29.6 Å². The molecule has 2 aromatic heterocycles. The molecule has 0 amide bonds. The van der Waals surface area contributed by atoms with E-state index in [0.717, 1.165) is 34.0 Å². The lowest BCUT2D eigenvalue weighted by Gasteiger charge is -2.16. The van der Waals surface area contributed by atoms with Crippen LogP contribution in [0.5, 0.6) is 0 Å². The Morgan fingerprint density at radius 3 is 3.05 bits per heavy atom. The van der Waals surface area contributed by atoms with Gasteiger partial charge in [0, 0.05) is 25.9 Å². The Hall–Kier alpha value is -1.72. The molecule has 5 heteroatoms. The van der Waals surface area contributed by atoms with Crippen LogP contribution in [0.3, 0.4) is 0 Å². The monoisotopic (exact) mass is 315 g/mol. The predicted molar refractivity (Wildman–Crippen MR) is 86.2 cm³/mol. The van der Waals surface area contributed by atoms with Gasteiger partial charge in [0.05, 0.1) is 11.6 Å². The molecule has 0 radical (unpaired) electrons. The number of hydrogen-bond acceptors (Lipinski definition) is 4. The zero-order valence-corrected chi connectivity index (χ0v) is 12.8. The number of nitrogens with zero attached hydrogens (tertiary/aromatic N) is 1. The summed E-state index contributed by atoms with van der Waals surface area (Å²) in [6.07, 6.45) is 2.60. The second kappa shape index (κ2) is 4.93. The number of benzene rings is 1. The number of carbonyl (C=O) groups is 1. The summed E-state index contributed by atoms with van der Waals surface area (Å²) in [5, 5.41) is 13.7. The molecule has 1 N–H and O–H groups in total. The van der Waals surface area contributed by atoms with Crippen LogP contribution in [0.4, 0.5) is 0 Å². The van der Waals surface area contributed by atoms with Crippen LogP contribution in [0.2, 0.25) is 0 Å². The number of aryl methyl sites for hydroxylation is 1. The number of carboxylic acid groups (broad SMARTS) is 1. The van der Waals surface area contributed by atoms with E-state index in [-0.39, 0.29) is 0 Å². The average molecular weight is 315 g/mol. The number of hydrogen-bond donors (Lipinski definition) is 1. The molecule has 0 fully saturated rings. The quantitative estimate of drug-likeness (QED) is 0.756. The molecule has 1 unspecified atom stereocenters. The highest BCUT2D eigenvalue weighted by Crippen LogP contribution is 2.41. The maximum absolute atomic E-state index is 11.4. The minimum Gasteiger partial charge on any atom is -0.481 e. The van der Waals surface area contributed by atoms with Crippen molar-refractivity contribution in [3.63, 3.8) is 0 Å². The van der Waals surface area contributed by atoms with E-state index in [1.807, 2.05) is 12.1 Å². The summed E-state index contributed by atoms with van der Waals surface area (Å²) in [6.45, 7) is 0. The molecule has 21 heavy (non-hydrogen) atoms. The average Bonchev–Trinajstić information content (AvgIpc) is 3.09. The van der Waals surface area contributed by atoms with Crippen LogP contribution in [0.25, 0.3) is 20.7 Å². The van der Waals surface area contributed by atoms with E-state index in [2.05, 4.69) is 17.5 Å². The first-order valence-electron chi connectivity index (χ1n) is 6.93. The van der Waals surface area contributed by atoms with E-state index in [0.29, 0.717) is 6.42 Å². The molecule has 2 heterocycles. The molecule has 1 aliphatic carbocycles. The van der Waals surface area contributed by atoms with E-state index in [1.54, 1.807) is 22.7 Å². The number of aliphatic carboxylic acids is 1. The minimum atomic E-state index is -0.747. The minimum absolute atomic E-state index is 0.427. The lowest BCUT2D eigenvalue weighted by Crippen LogP contribution is -2.17. The van der Waals surface area contributed by atoms with Gasteiger partial charge < -0.3 is 5.11 Å². The topological polar surface area (TPSA) is 50.2 Å². The van der Waals surface area contributed by atoms with Crippen molar-refractivity contribution in [2.45, 2.75) is 25.2 Å². The Kier molecular flexibility index (Phi) is 3.05. The Morgan fingerprint density at radius 2 is 2.19 bits per heavy atom. The summed E-state index contributed by atoms with van der Waals surface area (Å²) in [5.41, 5.74) is 1.93. The highest BCUT2D eigenvalue weighted by Gasteiger charge is 2.30. The molecular weight excluding hydrogens is 302 g/mol. The number of fused-ring (bicyclic) bond motifs is 2. The first-order valence-corrected chi connectivity index (χ1v) is 8.62. The Labute approximate surface area is 129 Å². The van der Waals surface area contributed by atoms with Crippen LogP contribution in [0, 0.1) is 0 Å². The smallest absolute Gasteiger partial charge is 0.312 e. The van der Waals surface area contributed by atoms with Gasteiger partial charge in [-0.05, 0) is 25.3 Å². The maximum Gasteiger partial charge on any atom is 0.312 e. The van der Waals surface area contributed by atoms with Crippen LogP contribution < -0.4 is 0 Å². The fourth-order valence-corrected chi connectivity index (χ4v) is 5.13. The van der Waals surface area contributed by atoms with Crippen molar-refractivity contribution >= 4 is 38.7 Å². The van der Waals surface area contributed by atoms with E-state index in [4.69, 9.17) is 4.98 Å². The van der Waals surface area contributed by atoms with E-state index < -0.39 is 11.9 Å². The third kappa shape index (κ3) is 2.08. The molecule has 3 aromatic rings. The molecular formula is C16H13NO2S2. The molecule has 0 bridgehead atoms. The molecule has 3 nitrogen and oxygen atoms in total. The zero-order chi connectivity index (χ0) is 14.4. The van der Waals surface area contributed by atoms with Crippen LogP contribution >= 0.6 is 22.7 Å². The van der Waals surface area contributed by atoms with Gasteiger partial charge in [-0.3, -0.25) is 4.79 Å². The number of rotatable bonds is 2. The van der Waals surface area contributed by atoms with Gasteiger partial charge in [0.2, 0.25) is 0 Å². The van der Waals surface area contributed by atoms with Gasteiger partial charge in [-0.15, -0.1) is 22.7 Å². The molecule has 4 rings (SSSR count). The molecule has 1 aliphatic rings. The van der Waals surface area contributed by atoms with E-state index in [1.165, 1.54) is 10.1 Å². The number of aromatic nitrogens is 1. The number of thiazole rings is 1. The molecule has 1 atom stereocenters. The molecule has 0 saturated carbocycles. The lowest BCUT2D eigenvalue weighted by molar-refractivity contribution is -0.139. The third-order valence-corrected chi connectivity index (χ3v) is 6.09. The molecule has 0 saturated heterocycles. The van der Waals surface area contributed by atoms with Crippen LogP contribution in [-0.4, -0.2) is 16.1 Å². The second-order valence-corrected chi connectivity index (χ2v) is 7.25. The Balaban J connectivity index is 1.85. The maximum atomic E-state index is 11.4. The first kappa shape index (κ1) is 13.0. The van der Waals surface area contributed by atoms with Crippen molar-refractivity contribution in [1.29, 1.82) is 0 Å². The SMILES string of the molecule is O=C(O)C1CCCc2sc(-c3csc4ccccc34)nc21. The fraction of sp³-hybridized carbons (Fsp3) is 0.250. The molecule has 0 spiro atoms. The fourth-order valence-electron chi connectivity index (χ4n) is 2.92. The van der Waals surface area contributed by atoms with Gasteiger partial charge in [0.25, 0.3) is 0 Å². The summed E-state index contributed by atoms with van der Waals surface area (Å²) < 4.78 is 1.25. The Bertz CT molecular complexity index is 834. The standard InChI is InChI=1S/C16H13NO2S2/c18-16(19)10-5-3-7-13-14(10)17-15(21-13)11-8-20-12-6-2-1-4-9(11)12/h1-2,4,6,8,10H,3,5,7H2,(H,18,19). The number of carboxylic acids is 1. The van der Waals surface area contributed by atoms with Gasteiger partial charge in [0.15, 0.2) is 0 Å². The largest absolute Gasteiger partial charge is 0.481 e. The highest BCUT2D eigenvalue weighted by atomic mass is 32.1. The second-order valence-electron chi connectivity index (χ2n) is 5.26. The first-order chi connectivity index (χ1) is 10.2. The van der Waals surface area contributed by atoms with Crippen molar-refractivity contribution in [1.82, 2.24) is 4.98 Å². The van der Waals surface area contributed by atoms with Crippen molar-refractivity contribution < 1.29 is 9.90 Å². The zero-order valence-electron chi connectivity index (χ0n) is 11.2. The highest BCUT2D eigenvalue weighted by molar-refractivity contribution is 7.19. The summed E-state index contributed by atoms with van der Waals surface area (Å²) in [7, 11) is 0. The summed E-state index contributed by atoms with van der Waals surface area (Å²) in [6, 6.07) is 8.29. The van der Waals surface area contributed by atoms with E-state index >= 15 is 0 Å². The van der Waals surface area contributed by atoms with Gasteiger partial charge in [-0.2, -0.15) is 0 Å². The Morgan fingerprint density at radius 1 is 1.33 bits per heavy atom. The van der Waals surface area contributed by atoms with Crippen molar-refractivity contribution in [3.8, 4) is 10.6 Å². The summed E-state index contributed by atoms with van der Waals surface area (Å²) in [4.78, 5) is 17.2. The van der Waals surface area contributed by atoms with Crippen molar-refractivity contribution in [2.24, 2.45) is 0 Å². The van der Waals surface area contributed by atoms with Gasteiger partial charge in [-0.25, -0.2) is 4.98 Å². The lowest BCUT2D eigenvalue weighted by atomic mass is 9.91. The van der Waals surface area contributed by atoms with Crippen LogP contribution in [-0.2, 0) is 11.2 Å².